The largest absolute Gasteiger partial charge is 0.465 e. The zero-order valence-electron chi connectivity index (χ0n) is 14.3. The normalized spacial score (nSPS) is 21.2. The van der Waals surface area contributed by atoms with E-state index in [1.165, 1.54) is 0 Å². The first-order valence-corrected chi connectivity index (χ1v) is 8.41. The molecular formula is C18H30O4. The fourth-order valence-electron chi connectivity index (χ4n) is 2.33. The molecule has 0 heterocycles. The minimum absolute atomic E-state index is 0.268. The molecule has 0 radical (unpaired) electrons. The molecule has 0 saturated heterocycles. The maximum atomic E-state index is 12.2. The van der Waals surface area contributed by atoms with Crippen LogP contribution < -0.4 is 0 Å². The molecule has 2 atom stereocenters. The van der Waals surface area contributed by atoms with Gasteiger partial charge in [-0.25, -0.2) is 0 Å². The molecule has 0 aromatic rings. The highest BCUT2D eigenvalue weighted by Crippen LogP contribution is 2.27. The molecule has 0 aliphatic heterocycles. The van der Waals surface area contributed by atoms with Crippen LogP contribution in [0.4, 0.5) is 0 Å². The van der Waals surface area contributed by atoms with Crippen LogP contribution in [-0.4, -0.2) is 25.2 Å². The van der Waals surface area contributed by atoms with Crippen molar-refractivity contribution in [3.63, 3.8) is 0 Å². The Morgan fingerprint density at radius 1 is 1.00 bits per heavy atom. The van der Waals surface area contributed by atoms with Gasteiger partial charge in [0, 0.05) is 0 Å². The van der Waals surface area contributed by atoms with Gasteiger partial charge in [0.1, 0.15) is 0 Å². The maximum absolute atomic E-state index is 12.2. The van der Waals surface area contributed by atoms with E-state index in [2.05, 4.69) is 27.7 Å². The van der Waals surface area contributed by atoms with Gasteiger partial charge in [-0.2, -0.15) is 0 Å². The number of rotatable bonds is 8. The van der Waals surface area contributed by atoms with Gasteiger partial charge in [0.15, 0.2) is 0 Å². The number of carbonyl (C=O) groups is 2. The minimum atomic E-state index is -0.493. The van der Waals surface area contributed by atoms with E-state index in [1.54, 1.807) is 6.08 Å². The van der Waals surface area contributed by atoms with E-state index in [4.69, 9.17) is 9.47 Å². The number of allylic oxidation sites excluding steroid dienone is 1. The standard InChI is InChI=1S/C18H30O4/c1-13(2)9-11-21-17(19)15-7-5-6-8-16(15)18(20)22-12-10-14(3)4/h5,7,13-16H,6,8-12H2,1-4H3. The average Bonchev–Trinajstić information content (AvgIpc) is 2.46. The first kappa shape index (κ1) is 18.7. The highest BCUT2D eigenvalue weighted by molar-refractivity contribution is 5.83. The summed E-state index contributed by atoms with van der Waals surface area (Å²) >= 11 is 0. The second kappa shape index (κ2) is 9.65. The molecular weight excluding hydrogens is 280 g/mol. The Morgan fingerprint density at radius 2 is 1.55 bits per heavy atom. The molecule has 0 fully saturated rings. The van der Waals surface area contributed by atoms with Crippen molar-refractivity contribution in [3.05, 3.63) is 12.2 Å². The van der Waals surface area contributed by atoms with E-state index in [9.17, 15) is 9.59 Å². The zero-order chi connectivity index (χ0) is 16.5. The highest BCUT2D eigenvalue weighted by atomic mass is 16.5. The van der Waals surface area contributed by atoms with E-state index in [1.807, 2.05) is 6.08 Å². The lowest BCUT2D eigenvalue weighted by Gasteiger charge is -2.24. The van der Waals surface area contributed by atoms with Gasteiger partial charge in [-0.3, -0.25) is 9.59 Å². The fourth-order valence-corrected chi connectivity index (χ4v) is 2.33. The molecule has 2 unspecified atom stereocenters. The van der Waals surface area contributed by atoms with Gasteiger partial charge in [0.05, 0.1) is 25.0 Å². The van der Waals surface area contributed by atoms with Crippen molar-refractivity contribution in [1.29, 1.82) is 0 Å². The third kappa shape index (κ3) is 6.63. The molecule has 0 amide bonds. The SMILES string of the molecule is CC(C)CCOC(=O)C1C=CCCC1C(=O)OCCC(C)C. The molecule has 0 N–H and O–H groups in total. The van der Waals surface area contributed by atoms with Crippen LogP contribution in [0.15, 0.2) is 12.2 Å². The van der Waals surface area contributed by atoms with Gasteiger partial charge in [0.25, 0.3) is 0 Å². The molecule has 4 heteroatoms. The Bertz CT molecular complexity index is 385. The molecule has 0 aromatic carbocycles. The number of ether oxygens (including phenoxy) is 2. The van der Waals surface area contributed by atoms with Gasteiger partial charge in [-0.1, -0.05) is 39.8 Å². The van der Waals surface area contributed by atoms with Crippen molar-refractivity contribution in [2.75, 3.05) is 13.2 Å². The summed E-state index contributed by atoms with van der Waals surface area (Å²) in [7, 11) is 0. The Hall–Kier alpha value is -1.32. The van der Waals surface area contributed by atoms with Crippen molar-refractivity contribution in [3.8, 4) is 0 Å². The molecule has 0 bridgehead atoms. The van der Waals surface area contributed by atoms with Crippen LogP contribution in [0.25, 0.3) is 0 Å². The topological polar surface area (TPSA) is 52.6 Å². The monoisotopic (exact) mass is 310 g/mol. The fraction of sp³-hybridized carbons (Fsp3) is 0.778. The summed E-state index contributed by atoms with van der Waals surface area (Å²) in [6.45, 7) is 9.19. The predicted octanol–water partition coefficient (Wildman–Crippen LogP) is 3.75. The molecule has 4 nitrogen and oxygen atoms in total. The lowest BCUT2D eigenvalue weighted by atomic mass is 9.84. The first-order valence-electron chi connectivity index (χ1n) is 8.41. The third-order valence-electron chi connectivity index (χ3n) is 3.88. The van der Waals surface area contributed by atoms with Crippen molar-refractivity contribution in [1.82, 2.24) is 0 Å². The van der Waals surface area contributed by atoms with Crippen LogP contribution in [-0.2, 0) is 19.1 Å². The first-order chi connectivity index (χ1) is 10.4. The van der Waals surface area contributed by atoms with Crippen LogP contribution in [0.5, 0.6) is 0 Å². The van der Waals surface area contributed by atoms with Crippen LogP contribution >= 0.6 is 0 Å². The number of hydrogen-bond donors (Lipinski definition) is 0. The van der Waals surface area contributed by atoms with Crippen LogP contribution in [0.1, 0.15) is 53.4 Å². The molecule has 0 spiro atoms. The van der Waals surface area contributed by atoms with E-state index < -0.39 is 11.8 Å². The van der Waals surface area contributed by atoms with Gasteiger partial charge in [0.2, 0.25) is 0 Å². The maximum Gasteiger partial charge on any atom is 0.313 e. The average molecular weight is 310 g/mol. The molecule has 22 heavy (non-hydrogen) atoms. The smallest absolute Gasteiger partial charge is 0.313 e. The van der Waals surface area contributed by atoms with Gasteiger partial charge in [-0.15, -0.1) is 0 Å². The summed E-state index contributed by atoms with van der Waals surface area (Å²) in [6, 6.07) is 0. The molecule has 0 aromatic heterocycles. The summed E-state index contributed by atoms with van der Waals surface area (Å²) in [4.78, 5) is 24.4. The zero-order valence-corrected chi connectivity index (χ0v) is 14.3. The third-order valence-corrected chi connectivity index (χ3v) is 3.88. The Labute approximate surface area is 134 Å². The van der Waals surface area contributed by atoms with Gasteiger partial charge < -0.3 is 9.47 Å². The van der Waals surface area contributed by atoms with E-state index >= 15 is 0 Å². The second-order valence-electron chi connectivity index (χ2n) is 6.84. The van der Waals surface area contributed by atoms with E-state index in [0.29, 0.717) is 31.5 Å². The lowest BCUT2D eigenvalue weighted by Crippen LogP contribution is -2.33. The minimum Gasteiger partial charge on any atom is -0.465 e. The quantitative estimate of drug-likeness (QED) is 0.506. The van der Waals surface area contributed by atoms with Crippen LogP contribution in [0, 0.1) is 23.7 Å². The van der Waals surface area contributed by atoms with E-state index in [0.717, 1.165) is 19.3 Å². The molecule has 0 saturated carbocycles. The lowest BCUT2D eigenvalue weighted by molar-refractivity contribution is -0.159. The highest BCUT2D eigenvalue weighted by Gasteiger charge is 2.35. The van der Waals surface area contributed by atoms with Crippen LogP contribution in [0.2, 0.25) is 0 Å². The van der Waals surface area contributed by atoms with Crippen molar-refractivity contribution < 1.29 is 19.1 Å². The Morgan fingerprint density at radius 3 is 2.09 bits per heavy atom. The van der Waals surface area contributed by atoms with Crippen molar-refractivity contribution >= 4 is 11.9 Å². The van der Waals surface area contributed by atoms with Gasteiger partial charge >= 0.3 is 11.9 Å². The molecule has 1 aliphatic rings. The van der Waals surface area contributed by atoms with Crippen molar-refractivity contribution in [2.45, 2.75) is 53.4 Å². The molecule has 1 aliphatic carbocycles. The summed E-state index contributed by atoms with van der Waals surface area (Å²) < 4.78 is 10.7. The Balaban J connectivity index is 2.51. The summed E-state index contributed by atoms with van der Waals surface area (Å²) in [5, 5.41) is 0. The second-order valence-corrected chi connectivity index (χ2v) is 6.84. The molecule has 126 valence electrons. The van der Waals surface area contributed by atoms with Gasteiger partial charge in [-0.05, 0) is 37.5 Å². The van der Waals surface area contributed by atoms with Crippen molar-refractivity contribution in [2.24, 2.45) is 23.7 Å². The Kier molecular flexibility index (Phi) is 8.21. The number of hydrogen-bond acceptors (Lipinski definition) is 4. The predicted molar refractivity (Wildman–Crippen MR) is 86.2 cm³/mol. The summed E-state index contributed by atoms with van der Waals surface area (Å²) in [5.41, 5.74) is 0. The number of carbonyl (C=O) groups excluding carboxylic acids is 2. The summed E-state index contributed by atoms with van der Waals surface area (Å²) in [5.74, 6) is -0.475. The van der Waals surface area contributed by atoms with Crippen LogP contribution in [0.3, 0.4) is 0 Å². The molecule has 1 rings (SSSR count). The number of esters is 2. The van der Waals surface area contributed by atoms with E-state index in [-0.39, 0.29) is 11.9 Å². The summed E-state index contributed by atoms with van der Waals surface area (Å²) in [6.07, 6.45) is 6.89.